The van der Waals surface area contributed by atoms with E-state index in [0.717, 1.165) is 54.1 Å². The smallest absolute Gasteiger partial charge is 0.248 e. The van der Waals surface area contributed by atoms with Gasteiger partial charge in [-0.2, -0.15) is 0 Å². The molecule has 38 heavy (non-hydrogen) atoms. The van der Waals surface area contributed by atoms with Gasteiger partial charge in [-0.1, -0.05) is 0 Å². The zero-order chi connectivity index (χ0) is 26.4. The molecule has 0 aromatic carbocycles. The zero-order valence-electron chi connectivity index (χ0n) is 21.7. The quantitative estimate of drug-likeness (QED) is 0.419. The van der Waals surface area contributed by atoms with Crippen molar-refractivity contribution in [2.24, 2.45) is 5.73 Å². The van der Waals surface area contributed by atoms with Crippen LogP contribution in [-0.4, -0.2) is 75.9 Å². The molecule has 4 aromatic heterocycles. The molecule has 0 radical (unpaired) electrons. The number of carbonyl (C=O) groups excluding carboxylic acids is 1. The second-order valence-corrected chi connectivity index (χ2v) is 10.2. The van der Waals surface area contributed by atoms with Crippen molar-refractivity contribution in [1.82, 2.24) is 24.5 Å². The monoisotopic (exact) mass is 513 g/mol. The lowest BCUT2D eigenvalue weighted by Gasteiger charge is -2.46. The van der Waals surface area contributed by atoms with Crippen LogP contribution in [0.3, 0.4) is 0 Å². The fraction of sp³-hybridized carbons (Fsp3) is 0.357. The van der Waals surface area contributed by atoms with Crippen LogP contribution in [-0.2, 0) is 4.74 Å². The molecule has 10 heteroatoms. The van der Waals surface area contributed by atoms with Crippen LogP contribution in [0.2, 0.25) is 0 Å². The number of carbonyl (C=O) groups is 1. The molecule has 196 valence electrons. The summed E-state index contributed by atoms with van der Waals surface area (Å²) in [7, 11) is 4.04. The molecule has 10 nitrogen and oxygen atoms in total. The highest BCUT2D eigenvalue weighted by Crippen LogP contribution is 2.35. The molecule has 2 bridgehead atoms. The molecule has 4 aromatic rings. The Bertz CT molecular complexity index is 1490. The summed E-state index contributed by atoms with van der Waals surface area (Å²) < 4.78 is 14.2. The largest absolute Gasteiger partial charge is 0.488 e. The summed E-state index contributed by atoms with van der Waals surface area (Å²) in [6.07, 6.45) is 7.33. The van der Waals surface area contributed by atoms with Crippen molar-refractivity contribution in [3.63, 3.8) is 0 Å². The highest BCUT2D eigenvalue weighted by atomic mass is 16.5. The first-order valence-electron chi connectivity index (χ1n) is 12.8. The molecule has 2 N–H and O–H groups in total. The van der Waals surface area contributed by atoms with Crippen LogP contribution in [0.5, 0.6) is 5.75 Å². The Morgan fingerprint density at radius 1 is 1.11 bits per heavy atom. The second kappa shape index (κ2) is 9.70. The second-order valence-electron chi connectivity index (χ2n) is 10.2. The number of pyridine rings is 3. The molecule has 2 atom stereocenters. The van der Waals surface area contributed by atoms with Gasteiger partial charge in [0.15, 0.2) is 5.82 Å². The Kier molecular flexibility index (Phi) is 6.21. The van der Waals surface area contributed by atoms with Crippen LogP contribution in [0, 0.1) is 6.92 Å². The van der Waals surface area contributed by atoms with E-state index in [-0.39, 0.29) is 6.10 Å². The first-order valence-corrected chi connectivity index (χ1v) is 12.8. The first-order chi connectivity index (χ1) is 18.4. The van der Waals surface area contributed by atoms with Gasteiger partial charge < -0.3 is 20.1 Å². The number of likely N-dealkylation sites (N-methyl/N-ethyl adjacent to an activating group) is 1. The molecule has 2 unspecified atom stereocenters. The first kappa shape index (κ1) is 24.3. The maximum atomic E-state index is 11.6. The van der Waals surface area contributed by atoms with Crippen molar-refractivity contribution in [2.75, 3.05) is 32.2 Å². The van der Waals surface area contributed by atoms with E-state index in [0.29, 0.717) is 29.3 Å². The Morgan fingerprint density at radius 3 is 2.66 bits per heavy atom. The molecule has 2 aliphatic heterocycles. The van der Waals surface area contributed by atoms with Crippen molar-refractivity contribution < 1.29 is 14.3 Å². The number of hydrogen-bond acceptors (Lipinski definition) is 8. The minimum atomic E-state index is -0.496. The molecular weight excluding hydrogens is 482 g/mol. The number of aryl methyl sites for hydroxylation is 1. The fourth-order valence-electron chi connectivity index (χ4n) is 5.37. The van der Waals surface area contributed by atoms with E-state index in [1.165, 1.54) is 0 Å². The fourth-order valence-corrected chi connectivity index (χ4v) is 5.37. The molecule has 6 rings (SSSR count). The highest BCUT2D eigenvalue weighted by Gasteiger charge is 2.38. The van der Waals surface area contributed by atoms with Gasteiger partial charge in [-0.15, -0.1) is 5.10 Å². The number of aromatic nitrogens is 4. The zero-order valence-corrected chi connectivity index (χ0v) is 21.7. The number of anilines is 2. The summed E-state index contributed by atoms with van der Waals surface area (Å²) in [4.78, 5) is 24.8. The third-order valence-corrected chi connectivity index (χ3v) is 7.62. The summed E-state index contributed by atoms with van der Waals surface area (Å²) in [5.41, 5.74) is 9.71. The molecule has 6 heterocycles. The lowest BCUT2D eigenvalue weighted by Crippen LogP contribution is -2.57. The molecule has 2 fully saturated rings. The summed E-state index contributed by atoms with van der Waals surface area (Å²) in [6.45, 7) is 3.49. The summed E-state index contributed by atoms with van der Waals surface area (Å²) >= 11 is 0. The number of ether oxygens (including phenoxy) is 2. The van der Waals surface area contributed by atoms with Gasteiger partial charge in [-0.05, 0) is 49.9 Å². The summed E-state index contributed by atoms with van der Waals surface area (Å²) in [5.74, 6) is 1.57. The van der Waals surface area contributed by atoms with E-state index in [2.05, 4.69) is 34.0 Å². The van der Waals surface area contributed by atoms with Gasteiger partial charge >= 0.3 is 0 Å². The van der Waals surface area contributed by atoms with Gasteiger partial charge in [0.05, 0.1) is 24.9 Å². The molecule has 0 spiro atoms. The van der Waals surface area contributed by atoms with E-state index in [9.17, 15) is 4.79 Å². The van der Waals surface area contributed by atoms with Crippen LogP contribution < -0.4 is 15.4 Å². The van der Waals surface area contributed by atoms with Crippen molar-refractivity contribution in [3.8, 4) is 16.9 Å². The average molecular weight is 514 g/mol. The Balaban J connectivity index is 1.29. The van der Waals surface area contributed by atoms with Crippen molar-refractivity contribution in [2.45, 2.75) is 38.0 Å². The van der Waals surface area contributed by atoms with Crippen LogP contribution >= 0.6 is 0 Å². The molecular formula is C28H31N7O3. The number of primary amides is 1. The third-order valence-electron chi connectivity index (χ3n) is 7.62. The number of nitrogens with zero attached hydrogens (tertiary/aromatic N) is 6. The number of hydrogen-bond donors (Lipinski definition) is 1. The Labute approximate surface area is 221 Å². The van der Waals surface area contributed by atoms with Gasteiger partial charge in [0.1, 0.15) is 17.7 Å². The average Bonchev–Trinajstić information content (AvgIpc) is 3.33. The van der Waals surface area contributed by atoms with Gasteiger partial charge in [-0.25, -0.2) is 9.50 Å². The molecule has 0 aliphatic carbocycles. The van der Waals surface area contributed by atoms with Crippen LogP contribution in [0.25, 0.3) is 16.6 Å². The normalized spacial score (nSPS) is 21.4. The van der Waals surface area contributed by atoms with Gasteiger partial charge in [-0.3, -0.25) is 14.7 Å². The summed E-state index contributed by atoms with van der Waals surface area (Å²) in [6, 6.07) is 12.2. The Hall–Kier alpha value is -4.02. The van der Waals surface area contributed by atoms with E-state index >= 15 is 0 Å². The molecule has 1 amide bonds. The minimum Gasteiger partial charge on any atom is -0.488 e. The predicted octanol–water partition coefficient (Wildman–Crippen LogP) is 3.21. The van der Waals surface area contributed by atoms with Crippen molar-refractivity contribution >= 4 is 23.1 Å². The van der Waals surface area contributed by atoms with E-state index in [4.69, 9.17) is 20.3 Å². The topological polar surface area (TPSA) is 111 Å². The summed E-state index contributed by atoms with van der Waals surface area (Å²) in [5, 5.41) is 4.70. The van der Waals surface area contributed by atoms with Crippen molar-refractivity contribution in [1.29, 1.82) is 0 Å². The predicted molar refractivity (Wildman–Crippen MR) is 144 cm³/mol. The number of piperidine rings is 1. The SMILES string of the molecule is Cc1cc(-c2ccn3nc(N(C)c4cc(C(N)=O)ccn4)cc3c2)c(OC2CC3COCC(C2)N3C)cn1. The van der Waals surface area contributed by atoms with Gasteiger partial charge in [0.25, 0.3) is 0 Å². The highest BCUT2D eigenvalue weighted by molar-refractivity contribution is 5.93. The van der Waals surface area contributed by atoms with E-state index < -0.39 is 5.91 Å². The molecule has 0 saturated carbocycles. The minimum absolute atomic E-state index is 0.121. The Morgan fingerprint density at radius 2 is 1.89 bits per heavy atom. The number of fused-ring (bicyclic) bond motifs is 3. The van der Waals surface area contributed by atoms with Gasteiger partial charge in [0.2, 0.25) is 5.91 Å². The molecule has 2 aliphatic rings. The maximum Gasteiger partial charge on any atom is 0.248 e. The standard InChI is InChI=1S/C28H31N7O3/c1-17-8-24(25(14-31-17)38-23-11-21-15-37-16-22(12-23)33(21)2)18-5-7-35-20(9-18)13-27(32-35)34(3)26-10-19(28(29)36)4-6-30-26/h4-10,13-14,21-23H,11-12,15-16H2,1-3H3,(H2,29,36). The maximum absolute atomic E-state index is 11.6. The van der Waals surface area contributed by atoms with Crippen molar-refractivity contribution in [3.05, 3.63) is 66.2 Å². The van der Waals surface area contributed by atoms with E-state index in [1.807, 2.05) is 47.9 Å². The van der Waals surface area contributed by atoms with Gasteiger partial charge in [0, 0.05) is 67.3 Å². The third kappa shape index (κ3) is 4.57. The lowest BCUT2D eigenvalue weighted by atomic mass is 9.92. The number of morpholine rings is 1. The number of amides is 1. The number of rotatable bonds is 6. The molecule has 2 saturated heterocycles. The lowest BCUT2D eigenvalue weighted by molar-refractivity contribution is -0.0879. The van der Waals surface area contributed by atoms with E-state index in [1.54, 1.807) is 18.3 Å². The van der Waals surface area contributed by atoms with Crippen LogP contribution in [0.4, 0.5) is 11.6 Å². The van der Waals surface area contributed by atoms with Crippen LogP contribution in [0.1, 0.15) is 28.9 Å². The number of nitrogens with two attached hydrogens (primary N) is 1. The van der Waals surface area contributed by atoms with Crippen LogP contribution in [0.15, 0.2) is 55.0 Å².